The van der Waals surface area contributed by atoms with E-state index in [4.69, 9.17) is 9.15 Å². The number of hydrogen-bond acceptors (Lipinski definition) is 5. The number of carbonyl (C=O) groups is 1. The summed E-state index contributed by atoms with van der Waals surface area (Å²) in [6, 6.07) is 17.2. The van der Waals surface area contributed by atoms with Gasteiger partial charge in [0.15, 0.2) is 5.88 Å². The summed E-state index contributed by atoms with van der Waals surface area (Å²) in [7, 11) is -3.69. The summed E-state index contributed by atoms with van der Waals surface area (Å²) in [4.78, 5) is 11.5. The van der Waals surface area contributed by atoms with Crippen LogP contribution in [0, 0.1) is 0 Å². The largest absolute Gasteiger partial charge is 0.457 e. The first-order valence-corrected chi connectivity index (χ1v) is 10.3. The Balaban J connectivity index is 1.46. The summed E-state index contributed by atoms with van der Waals surface area (Å²) in [5.74, 6) is 1.62. The van der Waals surface area contributed by atoms with Gasteiger partial charge in [0.25, 0.3) is 0 Å². The third kappa shape index (κ3) is 3.94. The number of fused-ring (bicyclic) bond motifs is 1. The number of ether oxygens (including phenoxy) is 1. The molecule has 0 atom stereocenters. The van der Waals surface area contributed by atoms with Gasteiger partial charge in [-0.1, -0.05) is 24.8 Å². The highest BCUT2D eigenvalue weighted by molar-refractivity contribution is 7.89. The fourth-order valence-electron chi connectivity index (χ4n) is 3.00. The van der Waals surface area contributed by atoms with Gasteiger partial charge in [-0.05, 0) is 42.5 Å². The van der Waals surface area contributed by atoms with E-state index in [2.05, 4.69) is 11.9 Å². The van der Waals surface area contributed by atoms with Gasteiger partial charge in [0.2, 0.25) is 15.9 Å². The van der Waals surface area contributed by atoms with Crippen LogP contribution in [0.1, 0.15) is 11.3 Å². The standard InChI is InChI=1S/C21H18N2O5S/c1-2-20(24)22-21-12-15-13-23(14-19(15)28-21)29(25,26)18-10-8-17(9-11-18)27-16-6-4-3-5-7-16/h2-12H,1,13-14H2,(H,22,24). The molecule has 0 unspecified atom stereocenters. The molecule has 1 amide bonds. The average Bonchev–Trinajstić information content (AvgIpc) is 3.28. The summed E-state index contributed by atoms with van der Waals surface area (Å²) in [6.07, 6.45) is 1.13. The maximum absolute atomic E-state index is 12.9. The summed E-state index contributed by atoms with van der Waals surface area (Å²) in [5.41, 5.74) is 0.719. The Hall–Kier alpha value is -3.36. The molecule has 2 heterocycles. The lowest BCUT2D eigenvalue weighted by Crippen LogP contribution is -2.25. The van der Waals surface area contributed by atoms with Gasteiger partial charge in [-0.15, -0.1) is 0 Å². The molecule has 1 aliphatic heterocycles. The highest BCUT2D eigenvalue weighted by Gasteiger charge is 2.33. The van der Waals surface area contributed by atoms with Crippen molar-refractivity contribution >= 4 is 21.8 Å². The van der Waals surface area contributed by atoms with Gasteiger partial charge in [0, 0.05) is 18.2 Å². The molecule has 0 spiro atoms. The molecule has 0 saturated heterocycles. The molecular formula is C21H18N2O5S. The van der Waals surface area contributed by atoms with Crippen LogP contribution in [0.2, 0.25) is 0 Å². The van der Waals surface area contributed by atoms with Crippen LogP contribution in [0.15, 0.2) is 82.6 Å². The molecule has 4 rings (SSSR count). The Morgan fingerprint density at radius 3 is 2.41 bits per heavy atom. The minimum Gasteiger partial charge on any atom is -0.457 e. The van der Waals surface area contributed by atoms with Crippen molar-refractivity contribution in [2.45, 2.75) is 18.0 Å². The van der Waals surface area contributed by atoms with E-state index >= 15 is 0 Å². The number of sulfonamides is 1. The maximum atomic E-state index is 12.9. The Labute approximate surface area is 168 Å². The number of nitrogens with one attached hydrogen (secondary N) is 1. The Morgan fingerprint density at radius 1 is 1.07 bits per heavy atom. The van der Waals surface area contributed by atoms with Crippen molar-refractivity contribution in [3.05, 3.63) is 84.6 Å². The maximum Gasteiger partial charge on any atom is 0.250 e. The van der Waals surface area contributed by atoms with Gasteiger partial charge >= 0.3 is 0 Å². The molecule has 1 N–H and O–H groups in total. The van der Waals surface area contributed by atoms with E-state index in [-0.39, 0.29) is 29.8 Å². The fraction of sp³-hybridized carbons (Fsp3) is 0.0952. The van der Waals surface area contributed by atoms with Crippen LogP contribution < -0.4 is 10.1 Å². The van der Waals surface area contributed by atoms with E-state index in [1.807, 2.05) is 30.3 Å². The first kappa shape index (κ1) is 19.0. The van der Waals surface area contributed by atoms with Crippen LogP contribution in [0.5, 0.6) is 11.5 Å². The first-order valence-electron chi connectivity index (χ1n) is 8.84. The second-order valence-corrected chi connectivity index (χ2v) is 8.35. The predicted molar refractivity (Wildman–Crippen MR) is 107 cm³/mol. The topological polar surface area (TPSA) is 88.9 Å². The van der Waals surface area contributed by atoms with Crippen LogP contribution in [-0.4, -0.2) is 18.6 Å². The lowest BCUT2D eigenvalue weighted by Gasteiger charge is -2.16. The second-order valence-electron chi connectivity index (χ2n) is 6.41. The zero-order valence-corrected chi connectivity index (χ0v) is 16.2. The lowest BCUT2D eigenvalue weighted by molar-refractivity contribution is -0.112. The smallest absolute Gasteiger partial charge is 0.250 e. The summed E-state index contributed by atoms with van der Waals surface area (Å²) >= 11 is 0. The zero-order valence-electron chi connectivity index (χ0n) is 15.4. The average molecular weight is 410 g/mol. The van der Waals surface area contributed by atoms with E-state index in [0.29, 0.717) is 17.3 Å². The lowest BCUT2D eigenvalue weighted by atomic mass is 10.3. The molecule has 148 valence electrons. The van der Waals surface area contributed by atoms with Crippen LogP contribution in [0.3, 0.4) is 0 Å². The third-order valence-electron chi connectivity index (χ3n) is 4.44. The fourth-order valence-corrected chi connectivity index (χ4v) is 4.37. The number of furan rings is 1. The molecule has 7 nitrogen and oxygen atoms in total. The second kappa shape index (κ2) is 7.57. The number of rotatable bonds is 6. The van der Waals surface area contributed by atoms with Crippen molar-refractivity contribution in [3.63, 3.8) is 0 Å². The highest BCUT2D eigenvalue weighted by Crippen LogP contribution is 2.33. The van der Waals surface area contributed by atoms with Gasteiger partial charge in [-0.25, -0.2) is 8.42 Å². The van der Waals surface area contributed by atoms with Gasteiger partial charge < -0.3 is 9.15 Å². The first-order chi connectivity index (χ1) is 14.0. The van der Waals surface area contributed by atoms with E-state index in [1.165, 1.54) is 16.4 Å². The molecule has 1 aliphatic rings. The molecule has 0 fully saturated rings. The molecule has 2 aromatic carbocycles. The zero-order chi connectivity index (χ0) is 20.4. The number of para-hydroxylation sites is 1. The van der Waals surface area contributed by atoms with Crippen molar-refractivity contribution in [1.82, 2.24) is 4.31 Å². The van der Waals surface area contributed by atoms with Crippen LogP contribution in [0.25, 0.3) is 0 Å². The van der Waals surface area contributed by atoms with E-state index in [0.717, 1.165) is 11.6 Å². The number of carbonyl (C=O) groups excluding carboxylic acids is 1. The normalized spacial score (nSPS) is 13.7. The van der Waals surface area contributed by atoms with Crippen LogP contribution >= 0.6 is 0 Å². The van der Waals surface area contributed by atoms with E-state index < -0.39 is 10.0 Å². The van der Waals surface area contributed by atoms with Gasteiger partial charge in [-0.3, -0.25) is 10.1 Å². The number of anilines is 1. The molecule has 0 aliphatic carbocycles. The molecule has 0 bridgehead atoms. The number of nitrogens with zero attached hydrogens (tertiary/aromatic N) is 1. The number of hydrogen-bond donors (Lipinski definition) is 1. The number of amides is 1. The summed E-state index contributed by atoms with van der Waals surface area (Å²) in [6.45, 7) is 3.65. The Kier molecular flexibility index (Phi) is 4.96. The minimum absolute atomic E-state index is 0.101. The summed E-state index contributed by atoms with van der Waals surface area (Å²) in [5, 5.41) is 2.53. The predicted octanol–water partition coefficient (Wildman–Crippen LogP) is 3.90. The van der Waals surface area contributed by atoms with Crippen molar-refractivity contribution in [1.29, 1.82) is 0 Å². The van der Waals surface area contributed by atoms with Gasteiger partial charge in [0.1, 0.15) is 17.3 Å². The molecule has 0 saturated carbocycles. The van der Waals surface area contributed by atoms with E-state index in [1.54, 1.807) is 18.2 Å². The minimum atomic E-state index is -3.69. The monoisotopic (exact) mass is 410 g/mol. The molecule has 29 heavy (non-hydrogen) atoms. The molecular weight excluding hydrogens is 392 g/mol. The van der Waals surface area contributed by atoms with Crippen molar-refractivity contribution in [3.8, 4) is 11.5 Å². The quantitative estimate of drug-likeness (QED) is 0.623. The van der Waals surface area contributed by atoms with E-state index in [9.17, 15) is 13.2 Å². The van der Waals surface area contributed by atoms with Crippen LogP contribution in [0.4, 0.5) is 5.88 Å². The number of benzene rings is 2. The van der Waals surface area contributed by atoms with Gasteiger partial charge in [-0.2, -0.15) is 4.31 Å². The molecule has 3 aromatic rings. The summed E-state index contributed by atoms with van der Waals surface area (Å²) < 4.78 is 38.4. The van der Waals surface area contributed by atoms with Crippen molar-refractivity contribution < 1.29 is 22.4 Å². The molecule has 0 radical (unpaired) electrons. The van der Waals surface area contributed by atoms with Crippen molar-refractivity contribution in [2.24, 2.45) is 0 Å². The Morgan fingerprint density at radius 2 is 1.76 bits per heavy atom. The third-order valence-corrected chi connectivity index (χ3v) is 6.24. The highest BCUT2D eigenvalue weighted by atomic mass is 32.2. The van der Waals surface area contributed by atoms with Crippen molar-refractivity contribution in [2.75, 3.05) is 5.32 Å². The van der Waals surface area contributed by atoms with Gasteiger partial charge in [0.05, 0.1) is 11.4 Å². The molecule has 8 heteroatoms. The SMILES string of the molecule is C=CC(=O)Nc1cc2c(o1)CN(S(=O)(=O)c1ccc(Oc3ccccc3)cc1)C2. The molecule has 1 aromatic heterocycles. The Bertz CT molecular complexity index is 1130. The van der Waals surface area contributed by atoms with Crippen LogP contribution in [-0.2, 0) is 27.9 Å².